The number of halogens is 1. The third-order valence-corrected chi connectivity index (χ3v) is 2.61. The Labute approximate surface area is 120 Å². The first-order valence-corrected chi connectivity index (χ1v) is 7.66. The summed E-state index contributed by atoms with van der Waals surface area (Å²) in [6, 6.07) is 2.10. The van der Waals surface area contributed by atoms with Gasteiger partial charge in [0.1, 0.15) is 0 Å². The van der Waals surface area contributed by atoms with E-state index in [0.29, 0.717) is 0 Å². The summed E-state index contributed by atoms with van der Waals surface area (Å²) < 4.78 is 0. The summed E-state index contributed by atoms with van der Waals surface area (Å²) in [4.78, 5) is 4.46. The Balaban J connectivity index is 0. The molecule has 0 aliphatic carbocycles. The van der Waals surface area contributed by atoms with Gasteiger partial charge in [0.05, 0.1) is 5.35 Å². The first-order valence-electron chi connectivity index (χ1n) is 6.54. The number of nitrogens with zero attached hydrogens (tertiary/aromatic N) is 1. The van der Waals surface area contributed by atoms with E-state index in [1.54, 1.807) is 6.08 Å². The van der Waals surface area contributed by atoms with Crippen LogP contribution < -0.4 is 10.6 Å². The number of alkyl halides is 1. The van der Waals surface area contributed by atoms with E-state index >= 15 is 0 Å². The lowest BCUT2D eigenvalue weighted by molar-refractivity contribution is 1.10. The molecule has 1 aromatic heterocycles. The fourth-order valence-corrected chi connectivity index (χ4v) is 1.92. The van der Waals surface area contributed by atoms with E-state index < -0.39 is 0 Å². The molecule has 1 rings (SSSR count). The van der Waals surface area contributed by atoms with Gasteiger partial charge in [0, 0.05) is 11.0 Å². The minimum Gasteiger partial charge on any atom is -0.253 e. The maximum atomic E-state index is 4.46. The monoisotopic (exact) mass is 311 g/mol. The van der Waals surface area contributed by atoms with Crippen molar-refractivity contribution in [2.24, 2.45) is 0 Å². The average molecular weight is 312 g/mol. The highest BCUT2D eigenvalue weighted by molar-refractivity contribution is 9.08. The molecule has 1 nitrogen and oxygen atoms in total. The quantitative estimate of drug-likeness (QED) is 0.749. The third kappa shape index (κ3) is 6.15. The normalized spacial score (nSPS) is 11.1. The predicted octanol–water partition coefficient (Wildman–Crippen LogP) is 4.10. The number of aryl methyl sites for hydroxylation is 1. The van der Waals surface area contributed by atoms with Crippen molar-refractivity contribution in [3.05, 3.63) is 40.5 Å². The van der Waals surface area contributed by atoms with Crippen LogP contribution in [0.2, 0.25) is 0 Å². The molecule has 0 saturated carbocycles. The van der Waals surface area contributed by atoms with Crippen LogP contribution in [0.3, 0.4) is 0 Å². The zero-order chi connectivity index (χ0) is 14.6. The zero-order valence-electron chi connectivity index (χ0n) is 12.5. The van der Waals surface area contributed by atoms with Gasteiger partial charge in [-0.1, -0.05) is 62.4 Å². The lowest BCUT2D eigenvalue weighted by Crippen LogP contribution is -2.31. The van der Waals surface area contributed by atoms with Gasteiger partial charge in [0.2, 0.25) is 0 Å². The molecule has 0 aliphatic rings. The predicted molar refractivity (Wildman–Crippen MR) is 88.4 cm³/mol. The molecule has 0 fully saturated rings. The van der Waals surface area contributed by atoms with Crippen molar-refractivity contribution in [1.82, 2.24) is 4.98 Å². The van der Waals surface area contributed by atoms with E-state index in [-0.39, 0.29) is 0 Å². The molecule has 0 N–H and O–H groups in total. The maximum absolute atomic E-state index is 4.46. The highest BCUT2D eigenvalue weighted by atomic mass is 79.9. The van der Waals surface area contributed by atoms with E-state index in [9.17, 15) is 0 Å². The zero-order valence-corrected chi connectivity index (χ0v) is 14.1. The third-order valence-electron chi connectivity index (χ3n) is 2.01. The molecular weight excluding hydrogens is 286 g/mol. The van der Waals surface area contributed by atoms with Crippen molar-refractivity contribution in [3.8, 4) is 0 Å². The van der Waals surface area contributed by atoms with Crippen LogP contribution in [0.4, 0.5) is 0 Å². The number of aromatic nitrogens is 1. The highest BCUT2D eigenvalue weighted by Crippen LogP contribution is 1.99. The lowest BCUT2D eigenvalue weighted by Gasteiger charge is -2.00. The number of rotatable bonds is 2. The van der Waals surface area contributed by atoms with Crippen molar-refractivity contribution < 1.29 is 0 Å². The second-order valence-electron chi connectivity index (χ2n) is 3.05. The molecule has 0 amide bonds. The minimum atomic E-state index is 0.855. The minimum absolute atomic E-state index is 0.855. The summed E-state index contributed by atoms with van der Waals surface area (Å²) in [5.41, 5.74) is 2.31. The Morgan fingerprint density at radius 3 is 2.22 bits per heavy atom. The summed E-state index contributed by atoms with van der Waals surface area (Å²) in [5, 5.41) is 3.04. The largest absolute Gasteiger partial charge is 0.253 e. The second kappa shape index (κ2) is 12.6. The van der Waals surface area contributed by atoms with Crippen LogP contribution in [0, 0.1) is 6.92 Å². The van der Waals surface area contributed by atoms with Crippen LogP contribution in [-0.2, 0) is 5.33 Å². The van der Waals surface area contributed by atoms with E-state index in [2.05, 4.69) is 39.6 Å². The van der Waals surface area contributed by atoms with Crippen LogP contribution in [0.25, 0.3) is 12.2 Å². The first-order chi connectivity index (χ1) is 8.72. The average Bonchev–Trinajstić information content (AvgIpc) is 2.43. The molecule has 2 heteroatoms. The summed E-state index contributed by atoms with van der Waals surface area (Å²) in [5.74, 6) is 0. The van der Waals surface area contributed by atoms with Crippen LogP contribution in [0.1, 0.15) is 45.9 Å². The van der Waals surface area contributed by atoms with Crippen LogP contribution in [0.15, 0.2) is 18.7 Å². The Morgan fingerprint density at radius 1 is 1.28 bits per heavy atom. The second-order valence-corrected chi connectivity index (χ2v) is 3.61. The Kier molecular flexibility index (Phi) is 13.6. The van der Waals surface area contributed by atoms with Gasteiger partial charge in [-0.3, -0.25) is 4.98 Å². The molecule has 0 saturated heterocycles. The standard InChI is InChI=1S/C12H14BrN.2C2H6/c1-4-6-12-11(5-2)10(8-13)7-9(3)14-12;2*1-2/h4-7H,1,8H2,2-3H3;2*1-2H3/b11-5-,12-6+;;. The molecule has 0 radical (unpaired) electrons. The molecule has 0 aromatic carbocycles. The van der Waals surface area contributed by atoms with Gasteiger partial charge < -0.3 is 0 Å². The lowest BCUT2D eigenvalue weighted by atomic mass is 10.2. The fourth-order valence-electron chi connectivity index (χ4n) is 1.46. The van der Waals surface area contributed by atoms with Gasteiger partial charge >= 0.3 is 0 Å². The SMILES string of the molecule is C=C/C=c1/nc(C)cc(CBr)/c1=C/C.CC.CC. The van der Waals surface area contributed by atoms with Gasteiger partial charge in [-0.15, -0.1) is 0 Å². The van der Waals surface area contributed by atoms with Crippen molar-refractivity contribution in [1.29, 1.82) is 0 Å². The van der Waals surface area contributed by atoms with E-state index in [1.807, 2.05) is 47.6 Å². The summed E-state index contributed by atoms with van der Waals surface area (Å²) >= 11 is 3.48. The van der Waals surface area contributed by atoms with Gasteiger partial charge in [0.25, 0.3) is 0 Å². The van der Waals surface area contributed by atoms with E-state index in [4.69, 9.17) is 0 Å². The Morgan fingerprint density at radius 2 is 1.83 bits per heavy atom. The molecule has 1 aromatic rings. The highest BCUT2D eigenvalue weighted by Gasteiger charge is 1.97. The maximum Gasteiger partial charge on any atom is 0.0704 e. The molecule has 18 heavy (non-hydrogen) atoms. The van der Waals surface area contributed by atoms with Gasteiger partial charge in [-0.05, 0) is 36.8 Å². The van der Waals surface area contributed by atoms with Crippen molar-refractivity contribution >= 4 is 28.1 Å². The van der Waals surface area contributed by atoms with E-state index in [0.717, 1.165) is 16.4 Å². The van der Waals surface area contributed by atoms with Crippen LogP contribution in [-0.4, -0.2) is 4.98 Å². The van der Waals surface area contributed by atoms with Crippen molar-refractivity contribution in [3.63, 3.8) is 0 Å². The molecule has 102 valence electrons. The number of allylic oxidation sites excluding steroid dienone is 1. The molecule has 0 aliphatic heterocycles. The molecule has 0 atom stereocenters. The summed E-state index contributed by atoms with van der Waals surface area (Å²) in [6.45, 7) is 15.7. The van der Waals surface area contributed by atoms with Crippen molar-refractivity contribution in [2.75, 3.05) is 0 Å². The molecule has 0 spiro atoms. The van der Waals surface area contributed by atoms with Gasteiger partial charge in [-0.2, -0.15) is 0 Å². The Hall–Kier alpha value is -0.890. The van der Waals surface area contributed by atoms with Crippen molar-refractivity contribution in [2.45, 2.75) is 46.9 Å². The number of hydrogen-bond donors (Lipinski definition) is 0. The smallest absolute Gasteiger partial charge is 0.0704 e. The van der Waals surface area contributed by atoms with Gasteiger partial charge in [-0.25, -0.2) is 0 Å². The Bertz CT molecular complexity index is 447. The molecule has 0 unspecified atom stereocenters. The van der Waals surface area contributed by atoms with E-state index in [1.165, 1.54) is 10.8 Å². The molecule has 1 heterocycles. The fraction of sp³-hybridized carbons (Fsp3) is 0.438. The molecule has 0 bridgehead atoms. The first kappa shape index (κ1) is 19.4. The summed E-state index contributed by atoms with van der Waals surface area (Å²) in [7, 11) is 0. The number of pyridine rings is 1. The number of hydrogen-bond acceptors (Lipinski definition) is 1. The van der Waals surface area contributed by atoms with Crippen LogP contribution in [0.5, 0.6) is 0 Å². The topological polar surface area (TPSA) is 12.9 Å². The van der Waals surface area contributed by atoms with Gasteiger partial charge in [0.15, 0.2) is 0 Å². The van der Waals surface area contributed by atoms with Crippen LogP contribution >= 0.6 is 15.9 Å². The molecular formula is C16H26BrN. The summed E-state index contributed by atoms with van der Waals surface area (Å²) in [6.07, 6.45) is 5.79.